The van der Waals surface area contributed by atoms with Gasteiger partial charge in [0, 0.05) is 6.07 Å². The predicted molar refractivity (Wildman–Crippen MR) is 49.7 cm³/mol. The SMILES string of the molecule is Fc1cc(F)cc(-c2ccsc2)c1. The van der Waals surface area contributed by atoms with Gasteiger partial charge in [0.2, 0.25) is 0 Å². The molecule has 0 aliphatic carbocycles. The van der Waals surface area contributed by atoms with Gasteiger partial charge in [-0.15, -0.1) is 0 Å². The first-order chi connectivity index (χ1) is 6.25. The molecule has 0 amide bonds. The average molecular weight is 196 g/mol. The topological polar surface area (TPSA) is 0 Å². The van der Waals surface area contributed by atoms with Crippen molar-refractivity contribution in [3.8, 4) is 11.1 Å². The highest BCUT2D eigenvalue weighted by molar-refractivity contribution is 7.08. The van der Waals surface area contributed by atoms with Gasteiger partial charge in [0.05, 0.1) is 0 Å². The molecule has 0 aliphatic heterocycles. The molecular weight excluding hydrogens is 190 g/mol. The monoisotopic (exact) mass is 196 g/mol. The summed E-state index contributed by atoms with van der Waals surface area (Å²) in [7, 11) is 0. The summed E-state index contributed by atoms with van der Waals surface area (Å²) in [6.45, 7) is 0. The van der Waals surface area contributed by atoms with Crippen LogP contribution in [0.15, 0.2) is 35.0 Å². The van der Waals surface area contributed by atoms with Gasteiger partial charge in [-0.2, -0.15) is 11.3 Å². The molecule has 0 atom stereocenters. The lowest BCUT2D eigenvalue weighted by atomic mass is 10.1. The van der Waals surface area contributed by atoms with Crippen LogP contribution >= 0.6 is 11.3 Å². The van der Waals surface area contributed by atoms with Crippen LogP contribution < -0.4 is 0 Å². The lowest BCUT2D eigenvalue weighted by Gasteiger charge is -1.97. The summed E-state index contributed by atoms with van der Waals surface area (Å²) in [5.41, 5.74) is 1.43. The Morgan fingerprint density at radius 1 is 0.923 bits per heavy atom. The van der Waals surface area contributed by atoms with E-state index < -0.39 is 11.6 Å². The third kappa shape index (κ3) is 1.75. The van der Waals surface area contributed by atoms with E-state index in [-0.39, 0.29) is 0 Å². The third-order valence-corrected chi connectivity index (χ3v) is 2.40. The molecular formula is C10H6F2S. The highest BCUT2D eigenvalue weighted by Crippen LogP contribution is 2.23. The van der Waals surface area contributed by atoms with E-state index in [1.54, 1.807) is 0 Å². The molecule has 13 heavy (non-hydrogen) atoms. The molecule has 3 heteroatoms. The molecule has 2 rings (SSSR count). The van der Waals surface area contributed by atoms with E-state index in [1.807, 2.05) is 16.8 Å². The van der Waals surface area contributed by atoms with E-state index in [9.17, 15) is 8.78 Å². The lowest BCUT2D eigenvalue weighted by Crippen LogP contribution is -1.81. The van der Waals surface area contributed by atoms with Gasteiger partial charge >= 0.3 is 0 Å². The molecule has 0 fully saturated rings. The zero-order chi connectivity index (χ0) is 9.26. The summed E-state index contributed by atoms with van der Waals surface area (Å²) in [5, 5.41) is 3.73. The molecule has 0 bridgehead atoms. The third-order valence-electron chi connectivity index (χ3n) is 1.72. The Kier molecular flexibility index (Phi) is 2.10. The van der Waals surface area contributed by atoms with E-state index >= 15 is 0 Å². The molecule has 2 aromatic rings. The summed E-state index contributed by atoms with van der Waals surface area (Å²) < 4.78 is 25.6. The number of hydrogen-bond donors (Lipinski definition) is 0. The summed E-state index contributed by atoms with van der Waals surface area (Å²) in [4.78, 5) is 0. The number of halogens is 2. The zero-order valence-electron chi connectivity index (χ0n) is 6.63. The van der Waals surface area contributed by atoms with Gasteiger partial charge in [-0.05, 0) is 40.1 Å². The van der Waals surface area contributed by atoms with E-state index in [2.05, 4.69) is 0 Å². The minimum absolute atomic E-state index is 0.541. The molecule has 0 saturated carbocycles. The van der Waals surface area contributed by atoms with E-state index in [0.717, 1.165) is 11.6 Å². The van der Waals surface area contributed by atoms with Crippen molar-refractivity contribution >= 4 is 11.3 Å². The Morgan fingerprint density at radius 3 is 2.15 bits per heavy atom. The van der Waals surface area contributed by atoms with Gasteiger partial charge in [0.1, 0.15) is 11.6 Å². The van der Waals surface area contributed by atoms with Gasteiger partial charge in [-0.3, -0.25) is 0 Å². The Labute approximate surface area is 78.5 Å². The van der Waals surface area contributed by atoms with Crippen molar-refractivity contribution in [3.05, 3.63) is 46.7 Å². The van der Waals surface area contributed by atoms with Crippen molar-refractivity contribution < 1.29 is 8.78 Å². The van der Waals surface area contributed by atoms with Crippen LogP contribution in [-0.4, -0.2) is 0 Å². The molecule has 66 valence electrons. The van der Waals surface area contributed by atoms with Crippen LogP contribution in [0.2, 0.25) is 0 Å². The smallest absolute Gasteiger partial charge is 0.126 e. The normalized spacial score (nSPS) is 10.3. The summed E-state index contributed by atoms with van der Waals surface area (Å²) in [5.74, 6) is -1.08. The molecule has 1 aromatic carbocycles. The molecule has 0 saturated heterocycles. The fraction of sp³-hybridized carbons (Fsp3) is 0. The summed E-state index contributed by atoms with van der Waals surface area (Å²) in [6.07, 6.45) is 0. The summed E-state index contributed by atoms with van der Waals surface area (Å²) in [6, 6.07) is 5.35. The summed E-state index contributed by atoms with van der Waals surface area (Å²) >= 11 is 1.50. The van der Waals surface area contributed by atoms with Gasteiger partial charge in [0.25, 0.3) is 0 Å². The lowest BCUT2D eigenvalue weighted by molar-refractivity contribution is 0.584. The van der Waals surface area contributed by atoms with Gasteiger partial charge in [0.15, 0.2) is 0 Å². The molecule has 0 nitrogen and oxygen atoms in total. The number of benzene rings is 1. The van der Waals surface area contributed by atoms with Crippen LogP contribution in [0, 0.1) is 11.6 Å². The van der Waals surface area contributed by atoms with Crippen LogP contribution in [0.3, 0.4) is 0 Å². The Morgan fingerprint density at radius 2 is 1.62 bits per heavy atom. The maximum Gasteiger partial charge on any atom is 0.126 e. The van der Waals surface area contributed by atoms with E-state index in [1.165, 1.54) is 23.5 Å². The van der Waals surface area contributed by atoms with Gasteiger partial charge in [-0.1, -0.05) is 0 Å². The molecule has 0 spiro atoms. The van der Waals surface area contributed by atoms with Crippen LogP contribution in [0.1, 0.15) is 0 Å². The van der Waals surface area contributed by atoms with Gasteiger partial charge < -0.3 is 0 Å². The highest BCUT2D eigenvalue weighted by atomic mass is 32.1. The number of hydrogen-bond acceptors (Lipinski definition) is 1. The fourth-order valence-electron chi connectivity index (χ4n) is 1.15. The minimum Gasteiger partial charge on any atom is -0.207 e. The first kappa shape index (κ1) is 8.38. The second-order valence-corrected chi connectivity index (χ2v) is 3.45. The fourth-order valence-corrected chi connectivity index (χ4v) is 1.81. The van der Waals surface area contributed by atoms with Crippen molar-refractivity contribution in [2.75, 3.05) is 0 Å². The predicted octanol–water partition coefficient (Wildman–Crippen LogP) is 3.69. The largest absolute Gasteiger partial charge is 0.207 e. The second-order valence-electron chi connectivity index (χ2n) is 2.67. The maximum absolute atomic E-state index is 12.8. The van der Waals surface area contributed by atoms with Crippen molar-refractivity contribution in [1.82, 2.24) is 0 Å². The standard InChI is InChI=1S/C10H6F2S/c11-9-3-8(4-10(12)5-9)7-1-2-13-6-7/h1-6H. The Balaban J connectivity index is 2.53. The van der Waals surface area contributed by atoms with Crippen molar-refractivity contribution in [2.45, 2.75) is 0 Å². The second kappa shape index (κ2) is 3.26. The average Bonchev–Trinajstić information content (AvgIpc) is 2.53. The number of rotatable bonds is 1. The molecule has 1 aromatic heterocycles. The Hall–Kier alpha value is -1.22. The van der Waals surface area contributed by atoms with Gasteiger partial charge in [-0.25, -0.2) is 8.78 Å². The van der Waals surface area contributed by atoms with Crippen molar-refractivity contribution in [2.24, 2.45) is 0 Å². The molecule has 0 unspecified atom stereocenters. The molecule has 1 heterocycles. The molecule has 0 N–H and O–H groups in total. The molecule has 0 aliphatic rings. The van der Waals surface area contributed by atoms with E-state index in [0.29, 0.717) is 5.56 Å². The van der Waals surface area contributed by atoms with E-state index in [4.69, 9.17) is 0 Å². The van der Waals surface area contributed by atoms with Crippen LogP contribution in [0.4, 0.5) is 8.78 Å². The van der Waals surface area contributed by atoms with Crippen molar-refractivity contribution in [1.29, 1.82) is 0 Å². The van der Waals surface area contributed by atoms with Crippen molar-refractivity contribution in [3.63, 3.8) is 0 Å². The Bertz CT molecular complexity index is 387. The molecule has 0 radical (unpaired) electrons. The maximum atomic E-state index is 12.8. The van der Waals surface area contributed by atoms with Crippen LogP contribution in [-0.2, 0) is 0 Å². The quantitative estimate of drug-likeness (QED) is 0.652. The van der Waals surface area contributed by atoms with Crippen LogP contribution in [0.5, 0.6) is 0 Å². The minimum atomic E-state index is -0.541. The number of thiophene rings is 1. The van der Waals surface area contributed by atoms with Crippen LogP contribution in [0.25, 0.3) is 11.1 Å². The first-order valence-electron chi connectivity index (χ1n) is 3.74. The zero-order valence-corrected chi connectivity index (χ0v) is 7.44. The first-order valence-corrected chi connectivity index (χ1v) is 4.68. The highest BCUT2D eigenvalue weighted by Gasteiger charge is 2.02.